The van der Waals surface area contributed by atoms with Crippen molar-refractivity contribution in [3.63, 3.8) is 0 Å². The zero-order valence-corrected chi connectivity index (χ0v) is 14.6. The number of pyridine rings is 1. The lowest BCUT2D eigenvalue weighted by Gasteiger charge is -2.09. The summed E-state index contributed by atoms with van der Waals surface area (Å²) in [5.41, 5.74) is 2.14. The van der Waals surface area contributed by atoms with E-state index in [4.69, 9.17) is 4.74 Å². The largest absolute Gasteiger partial charge is 0.423 e. The van der Waals surface area contributed by atoms with Crippen LogP contribution >= 0.6 is 11.8 Å². The van der Waals surface area contributed by atoms with Crippen LogP contribution in [0.1, 0.15) is 16.1 Å². The van der Waals surface area contributed by atoms with E-state index >= 15 is 0 Å². The molecule has 126 valence electrons. The maximum absolute atomic E-state index is 12.0. The molecule has 25 heavy (non-hydrogen) atoms. The van der Waals surface area contributed by atoms with Gasteiger partial charge < -0.3 is 10.1 Å². The van der Waals surface area contributed by atoms with Crippen LogP contribution in [0.4, 0.5) is 11.5 Å². The molecule has 0 amide bonds. The highest BCUT2D eigenvalue weighted by molar-refractivity contribution is 7.98. The molecule has 0 radical (unpaired) electrons. The van der Waals surface area contributed by atoms with E-state index in [1.165, 1.54) is 18.0 Å². The van der Waals surface area contributed by atoms with Gasteiger partial charge in [0, 0.05) is 29.8 Å². The fourth-order valence-electron chi connectivity index (χ4n) is 2.10. The van der Waals surface area contributed by atoms with Crippen LogP contribution in [0.3, 0.4) is 0 Å². The summed E-state index contributed by atoms with van der Waals surface area (Å²) >= 11 is 1.49. The molecule has 2 heterocycles. The van der Waals surface area contributed by atoms with E-state index in [1.807, 2.05) is 31.4 Å². The zero-order valence-electron chi connectivity index (χ0n) is 13.8. The highest BCUT2D eigenvalue weighted by Crippen LogP contribution is 2.21. The molecule has 0 unspecified atom stereocenters. The van der Waals surface area contributed by atoms with Gasteiger partial charge in [0.1, 0.15) is 11.6 Å². The van der Waals surface area contributed by atoms with Crippen molar-refractivity contribution in [2.45, 2.75) is 12.1 Å². The third-order valence-electron chi connectivity index (χ3n) is 3.25. The number of esters is 1. The van der Waals surface area contributed by atoms with Gasteiger partial charge in [0.15, 0.2) is 5.16 Å². The van der Waals surface area contributed by atoms with Gasteiger partial charge in [-0.25, -0.2) is 14.8 Å². The molecule has 3 rings (SSSR count). The van der Waals surface area contributed by atoms with Gasteiger partial charge in [-0.15, -0.1) is 0 Å². The summed E-state index contributed by atoms with van der Waals surface area (Å²) in [6.45, 7) is 1.92. The standard InChI is InChI=1S/C18H16N4O2S/c1-12-10-16(22-18(20-12)25-2)21-14-5-7-15(8-6-14)24-17(23)13-4-3-9-19-11-13/h3-11H,1-2H3,(H,20,21,22). The van der Waals surface area contributed by atoms with Crippen LogP contribution in [0, 0.1) is 6.92 Å². The van der Waals surface area contributed by atoms with Crippen LogP contribution < -0.4 is 10.1 Å². The second-order valence-electron chi connectivity index (χ2n) is 5.16. The SMILES string of the molecule is CSc1nc(C)cc(Nc2ccc(OC(=O)c3cccnc3)cc2)n1. The van der Waals surface area contributed by atoms with Gasteiger partial charge in [0.25, 0.3) is 0 Å². The van der Waals surface area contributed by atoms with E-state index in [0.717, 1.165) is 17.2 Å². The smallest absolute Gasteiger partial charge is 0.345 e. The van der Waals surface area contributed by atoms with Crippen LogP contribution in [0.2, 0.25) is 0 Å². The van der Waals surface area contributed by atoms with Crippen molar-refractivity contribution >= 4 is 29.2 Å². The van der Waals surface area contributed by atoms with Gasteiger partial charge in [-0.05, 0) is 49.6 Å². The Labute approximate surface area is 149 Å². The summed E-state index contributed by atoms with van der Waals surface area (Å²) in [7, 11) is 0. The van der Waals surface area contributed by atoms with E-state index in [0.29, 0.717) is 16.5 Å². The summed E-state index contributed by atoms with van der Waals surface area (Å²) in [5, 5.41) is 3.93. The van der Waals surface area contributed by atoms with Crippen LogP contribution in [0.5, 0.6) is 5.75 Å². The molecule has 0 bridgehead atoms. The third kappa shape index (κ3) is 4.54. The Hall–Kier alpha value is -2.93. The lowest BCUT2D eigenvalue weighted by atomic mass is 10.3. The Kier molecular flexibility index (Phi) is 5.25. The van der Waals surface area contributed by atoms with Crippen molar-refractivity contribution < 1.29 is 9.53 Å². The Balaban J connectivity index is 1.68. The van der Waals surface area contributed by atoms with Crippen LogP contribution in [0.15, 0.2) is 60.0 Å². The Morgan fingerprint density at radius 2 is 1.96 bits per heavy atom. The van der Waals surface area contributed by atoms with Crippen molar-refractivity contribution in [1.82, 2.24) is 15.0 Å². The second kappa shape index (κ2) is 7.76. The first-order chi connectivity index (χ1) is 12.1. The van der Waals surface area contributed by atoms with Crippen LogP contribution in [0.25, 0.3) is 0 Å². The first kappa shape index (κ1) is 16.9. The average Bonchev–Trinajstić information content (AvgIpc) is 2.63. The quantitative estimate of drug-likeness (QED) is 0.323. The minimum Gasteiger partial charge on any atom is -0.423 e. The Bertz CT molecular complexity index is 870. The van der Waals surface area contributed by atoms with Crippen molar-refractivity contribution in [2.24, 2.45) is 0 Å². The number of ether oxygens (including phenoxy) is 1. The number of hydrogen-bond acceptors (Lipinski definition) is 7. The Morgan fingerprint density at radius 3 is 2.64 bits per heavy atom. The highest BCUT2D eigenvalue weighted by atomic mass is 32.2. The third-order valence-corrected chi connectivity index (χ3v) is 3.80. The molecule has 6 nitrogen and oxygen atoms in total. The van der Waals surface area contributed by atoms with E-state index in [1.54, 1.807) is 30.5 Å². The van der Waals surface area contributed by atoms with Crippen LogP contribution in [-0.2, 0) is 0 Å². The zero-order chi connectivity index (χ0) is 17.6. The van der Waals surface area contributed by atoms with E-state index < -0.39 is 5.97 Å². The number of nitrogens with zero attached hydrogens (tertiary/aromatic N) is 3. The summed E-state index contributed by atoms with van der Waals surface area (Å²) in [4.78, 5) is 24.6. The number of aromatic nitrogens is 3. The molecule has 0 fully saturated rings. The predicted molar refractivity (Wildman–Crippen MR) is 97.5 cm³/mol. The number of carbonyl (C=O) groups is 1. The lowest BCUT2D eigenvalue weighted by Crippen LogP contribution is -2.08. The minimum atomic E-state index is -0.440. The van der Waals surface area contributed by atoms with Gasteiger partial charge in [0.2, 0.25) is 0 Å². The van der Waals surface area contributed by atoms with E-state index in [2.05, 4.69) is 20.3 Å². The van der Waals surface area contributed by atoms with Gasteiger partial charge in [-0.3, -0.25) is 4.98 Å². The van der Waals surface area contributed by atoms with Gasteiger partial charge in [0.05, 0.1) is 5.56 Å². The van der Waals surface area contributed by atoms with Gasteiger partial charge in [-0.2, -0.15) is 0 Å². The van der Waals surface area contributed by atoms with E-state index in [-0.39, 0.29) is 0 Å². The molecule has 2 aromatic heterocycles. The molecule has 0 aliphatic carbocycles. The molecule has 3 aromatic rings. The molecule has 1 aromatic carbocycles. The number of rotatable bonds is 5. The fourth-order valence-corrected chi connectivity index (χ4v) is 2.53. The average molecular weight is 352 g/mol. The molecule has 0 saturated carbocycles. The highest BCUT2D eigenvalue weighted by Gasteiger charge is 2.08. The molecule has 0 spiro atoms. The number of thioether (sulfide) groups is 1. The normalized spacial score (nSPS) is 10.3. The van der Waals surface area contributed by atoms with Crippen molar-refractivity contribution in [1.29, 1.82) is 0 Å². The van der Waals surface area contributed by atoms with Crippen molar-refractivity contribution in [2.75, 3.05) is 11.6 Å². The molecular formula is C18H16N4O2S. The second-order valence-corrected chi connectivity index (χ2v) is 5.94. The van der Waals surface area contributed by atoms with Crippen LogP contribution in [-0.4, -0.2) is 27.2 Å². The van der Waals surface area contributed by atoms with Crippen molar-refractivity contribution in [3.05, 3.63) is 66.1 Å². The number of hydrogen-bond donors (Lipinski definition) is 1. The fraction of sp³-hybridized carbons (Fsp3) is 0.111. The molecule has 7 heteroatoms. The molecule has 1 N–H and O–H groups in total. The molecular weight excluding hydrogens is 336 g/mol. The summed E-state index contributed by atoms with van der Waals surface area (Å²) < 4.78 is 5.33. The molecule has 0 atom stereocenters. The number of carbonyl (C=O) groups excluding carboxylic acids is 1. The number of anilines is 2. The topological polar surface area (TPSA) is 77.0 Å². The maximum Gasteiger partial charge on any atom is 0.345 e. The monoisotopic (exact) mass is 352 g/mol. The minimum absolute atomic E-state index is 0.408. The maximum atomic E-state index is 12.0. The number of nitrogens with one attached hydrogen (secondary N) is 1. The first-order valence-corrected chi connectivity index (χ1v) is 8.75. The Morgan fingerprint density at radius 1 is 1.16 bits per heavy atom. The molecule has 0 saturated heterocycles. The van der Waals surface area contributed by atoms with Gasteiger partial charge in [-0.1, -0.05) is 11.8 Å². The van der Waals surface area contributed by atoms with Gasteiger partial charge >= 0.3 is 5.97 Å². The summed E-state index contributed by atoms with van der Waals surface area (Å²) in [6.07, 6.45) is 5.01. The predicted octanol–water partition coefficient (Wildman–Crippen LogP) is 3.86. The number of benzene rings is 1. The first-order valence-electron chi connectivity index (χ1n) is 7.53. The molecule has 0 aliphatic rings. The summed E-state index contributed by atoms with van der Waals surface area (Å²) in [6, 6.07) is 12.3. The molecule has 0 aliphatic heterocycles. The van der Waals surface area contributed by atoms with Crippen molar-refractivity contribution in [3.8, 4) is 5.75 Å². The number of aryl methyl sites for hydroxylation is 1. The van der Waals surface area contributed by atoms with E-state index in [9.17, 15) is 4.79 Å². The summed E-state index contributed by atoms with van der Waals surface area (Å²) in [5.74, 6) is 0.741. The lowest BCUT2D eigenvalue weighted by molar-refractivity contribution is 0.0734.